The van der Waals surface area contributed by atoms with Crippen LogP contribution in [0.1, 0.15) is 12.6 Å². The second kappa shape index (κ2) is 7.64. The molecule has 2 aromatic heterocycles. The smallest absolute Gasteiger partial charge is 0.248 e. The van der Waals surface area contributed by atoms with Gasteiger partial charge in [0.25, 0.3) is 0 Å². The van der Waals surface area contributed by atoms with Gasteiger partial charge in [0, 0.05) is 23.8 Å². The summed E-state index contributed by atoms with van der Waals surface area (Å²) in [6.07, 6.45) is 6.54. The fraction of sp³-hybridized carbons (Fsp3) is 0.267. The molecule has 1 aliphatic heterocycles. The number of hydrogen-bond acceptors (Lipinski definition) is 9. The quantitative estimate of drug-likeness (QED) is 0.780. The predicted molar refractivity (Wildman–Crippen MR) is 92.5 cm³/mol. The van der Waals surface area contributed by atoms with Crippen molar-refractivity contribution in [3.8, 4) is 0 Å². The topological polar surface area (TPSA) is 96.7 Å². The van der Waals surface area contributed by atoms with Crippen molar-refractivity contribution in [1.82, 2.24) is 20.3 Å². The zero-order valence-corrected chi connectivity index (χ0v) is 14.1. The van der Waals surface area contributed by atoms with Crippen LogP contribution < -0.4 is 10.6 Å². The maximum atomic E-state index is 5.45. The second-order valence-corrected chi connectivity index (χ2v) is 5.70. The molecule has 0 radical (unpaired) electrons. The van der Waals surface area contributed by atoms with Crippen LogP contribution in [0.2, 0.25) is 0 Å². The Hall–Kier alpha value is -2.81. The van der Waals surface area contributed by atoms with Crippen LogP contribution in [0.15, 0.2) is 52.0 Å². The van der Waals surface area contributed by atoms with Crippen LogP contribution in [-0.4, -0.2) is 27.7 Å². The summed E-state index contributed by atoms with van der Waals surface area (Å²) in [5, 5.41) is 17.0. The Bertz CT molecular complexity index is 784. The molecule has 1 aliphatic rings. The molecule has 1 unspecified atom stereocenters. The third-order valence-electron chi connectivity index (χ3n) is 2.98. The van der Waals surface area contributed by atoms with Gasteiger partial charge in [0.2, 0.25) is 12.2 Å². The number of aromatic nitrogens is 3. The third kappa shape index (κ3) is 4.13. The molecule has 124 valence electrons. The number of thiazole rings is 1. The van der Waals surface area contributed by atoms with Gasteiger partial charge in [-0.05, 0) is 32.1 Å². The first kappa shape index (κ1) is 16.1. The lowest BCUT2D eigenvalue weighted by molar-refractivity contribution is 0.166. The van der Waals surface area contributed by atoms with Crippen molar-refractivity contribution in [3.05, 3.63) is 47.4 Å². The van der Waals surface area contributed by atoms with E-state index in [2.05, 4.69) is 35.8 Å². The van der Waals surface area contributed by atoms with Gasteiger partial charge in [-0.15, -0.1) is 21.6 Å². The summed E-state index contributed by atoms with van der Waals surface area (Å²) in [4.78, 5) is 12.8. The molecule has 1 atom stereocenters. The minimum atomic E-state index is -0.479. The van der Waals surface area contributed by atoms with E-state index in [0.717, 1.165) is 17.9 Å². The van der Waals surface area contributed by atoms with Gasteiger partial charge in [0.1, 0.15) is 0 Å². The van der Waals surface area contributed by atoms with Crippen LogP contribution in [0.5, 0.6) is 0 Å². The van der Waals surface area contributed by atoms with Crippen LogP contribution >= 0.6 is 11.3 Å². The van der Waals surface area contributed by atoms with E-state index < -0.39 is 6.23 Å². The lowest BCUT2D eigenvalue weighted by atomic mass is 10.3. The Labute approximate surface area is 143 Å². The van der Waals surface area contributed by atoms with Crippen molar-refractivity contribution in [2.75, 3.05) is 11.9 Å². The normalized spacial score (nSPS) is 16.8. The Balaban J connectivity index is 1.65. The molecule has 0 saturated carbocycles. The van der Waals surface area contributed by atoms with E-state index in [9.17, 15) is 0 Å². The van der Waals surface area contributed by atoms with Crippen molar-refractivity contribution >= 4 is 28.2 Å². The van der Waals surface area contributed by atoms with E-state index in [4.69, 9.17) is 4.74 Å². The molecule has 24 heavy (non-hydrogen) atoms. The van der Waals surface area contributed by atoms with E-state index in [1.807, 2.05) is 32.1 Å². The lowest BCUT2D eigenvalue weighted by Gasteiger charge is -2.18. The van der Waals surface area contributed by atoms with Gasteiger partial charge in [0.05, 0.1) is 12.0 Å². The minimum Gasteiger partial charge on any atom is -0.469 e. The summed E-state index contributed by atoms with van der Waals surface area (Å²) in [6.45, 7) is 4.71. The number of aryl methyl sites for hydroxylation is 1. The zero-order chi connectivity index (χ0) is 16.8. The van der Waals surface area contributed by atoms with E-state index in [1.54, 1.807) is 17.8 Å². The number of azo groups is 1. The number of rotatable bonds is 6. The molecule has 0 saturated heterocycles. The highest BCUT2D eigenvalue weighted by Crippen LogP contribution is 2.24. The van der Waals surface area contributed by atoms with E-state index in [0.29, 0.717) is 16.9 Å². The van der Waals surface area contributed by atoms with Gasteiger partial charge < -0.3 is 10.1 Å². The van der Waals surface area contributed by atoms with Gasteiger partial charge in [-0.2, -0.15) is 4.98 Å². The average Bonchev–Trinajstić information content (AvgIpc) is 3.02. The van der Waals surface area contributed by atoms with Crippen molar-refractivity contribution in [1.29, 1.82) is 0 Å². The van der Waals surface area contributed by atoms with Crippen LogP contribution in [0.3, 0.4) is 0 Å². The molecule has 9 heteroatoms. The fourth-order valence-corrected chi connectivity index (χ4v) is 2.56. The number of nitrogens with zero attached hydrogens (tertiary/aromatic N) is 5. The Morgan fingerprint density at radius 3 is 3.12 bits per heavy atom. The number of anilines is 2. The fourth-order valence-electron chi connectivity index (χ4n) is 1.94. The molecule has 8 nitrogen and oxygen atoms in total. The second-order valence-electron chi connectivity index (χ2n) is 4.84. The summed E-state index contributed by atoms with van der Waals surface area (Å²) in [5.74, 6) is 1.01. The van der Waals surface area contributed by atoms with Crippen LogP contribution in [0, 0.1) is 6.92 Å². The minimum absolute atomic E-state index is 0.479. The number of ether oxygens (including phenoxy) is 1. The standard InChI is InChI=1S/C15H17N7OS/c1-3-16-11-5-4-8-23-13(11)22-21-12-9-24-15(19-12)20-14-17-7-6-10(2)18-14/h4-9,13,16H,3H2,1-2H3,(H,17,18,19,20). The average molecular weight is 343 g/mol. The SMILES string of the molecule is CCNC1=CC=COC1N=Nc1csc(Nc2nccc(C)n2)n1. The molecule has 2 N–H and O–H groups in total. The van der Waals surface area contributed by atoms with Gasteiger partial charge >= 0.3 is 0 Å². The highest BCUT2D eigenvalue weighted by molar-refractivity contribution is 7.14. The van der Waals surface area contributed by atoms with Gasteiger partial charge in [-0.3, -0.25) is 5.32 Å². The summed E-state index contributed by atoms with van der Waals surface area (Å²) < 4.78 is 5.45. The molecule has 0 spiro atoms. The molecule has 0 aliphatic carbocycles. The van der Waals surface area contributed by atoms with Crippen LogP contribution in [0.25, 0.3) is 0 Å². The molecule has 0 bridgehead atoms. The Kier molecular flexibility index (Phi) is 5.12. The number of likely N-dealkylation sites (N-methyl/N-ethyl adjacent to an activating group) is 1. The van der Waals surface area contributed by atoms with E-state index >= 15 is 0 Å². The monoisotopic (exact) mass is 343 g/mol. The molecule has 3 rings (SSSR count). The first-order valence-electron chi connectivity index (χ1n) is 7.43. The maximum Gasteiger partial charge on any atom is 0.248 e. The largest absolute Gasteiger partial charge is 0.469 e. The van der Waals surface area contributed by atoms with Crippen LogP contribution in [0.4, 0.5) is 16.9 Å². The predicted octanol–water partition coefficient (Wildman–Crippen LogP) is 3.43. The van der Waals surface area contributed by atoms with Crippen molar-refractivity contribution in [2.24, 2.45) is 10.2 Å². The highest BCUT2D eigenvalue weighted by atomic mass is 32.1. The van der Waals surface area contributed by atoms with Gasteiger partial charge in [0.15, 0.2) is 10.9 Å². The first-order chi connectivity index (χ1) is 11.7. The number of nitrogens with one attached hydrogen (secondary N) is 2. The maximum absolute atomic E-state index is 5.45. The summed E-state index contributed by atoms with van der Waals surface area (Å²) in [6, 6.07) is 1.83. The lowest BCUT2D eigenvalue weighted by Crippen LogP contribution is -2.25. The van der Waals surface area contributed by atoms with Gasteiger partial charge in [-0.25, -0.2) is 9.97 Å². The Morgan fingerprint density at radius 1 is 1.38 bits per heavy atom. The zero-order valence-electron chi connectivity index (χ0n) is 13.3. The third-order valence-corrected chi connectivity index (χ3v) is 3.72. The van der Waals surface area contributed by atoms with Crippen LogP contribution in [-0.2, 0) is 4.74 Å². The number of hydrogen-bond donors (Lipinski definition) is 2. The summed E-state index contributed by atoms with van der Waals surface area (Å²) >= 11 is 1.41. The van der Waals surface area contributed by atoms with Crippen molar-refractivity contribution in [3.63, 3.8) is 0 Å². The number of allylic oxidation sites excluding steroid dienone is 2. The van der Waals surface area contributed by atoms with E-state index in [-0.39, 0.29) is 0 Å². The molecule has 0 fully saturated rings. The highest BCUT2D eigenvalue weighted by Gasteiger charge is 2.15. The molecular weight excluding hydrogens is 326 g/mol. The molecule has 0 aromatic carbocycles. The summed E-state index contributed by atoms with van der Waals surface area (Å²) in [7, 11) is 0. The molecule has 3 heterocycles. The van der Waals surface area contributed by atoms with Crippen molar-refractivity contribution < 1.29 is 4.74 Å². The molecule has 0 amide bonds. The first-order valence-corrected chi connectivity index (χ1v) is 8.31. The van der Waals surface area contributed by atoms with E-state index in [1.165, 1.54) is 11.3 Å². The Morgan fingerprint density at radius 2 is 2.29 bits per heavy atom. The summed E-state index contributed by atoms with van der Waals surface area (Å²) in [5.41, 5.74) is 1.75. The van der Waals surface area contributed by atoms with Gasteiger partial charge in [-0.1, -0.05) is 0 Å². The molecule has 2 aromatic rings. The van der Waals surface area contributed by atoms with Crippen molar-refractivity contribution in [2.45, 2.75) is 20.1 Å². The molecular formula is C15H17N7OS.